The molecule has 0 aromatic rings. The Morgan fingerprint density at radius 3 is 1.21 bits per heavy atom. The van der Waals surface area contributed by atoms with E-state index in [0.29, 0.717) is 6.92 Å². The van der Waals surface area contributed by atoms with E-state index in [1.807, 2.05) is 0 Å². The van der Waals surface area contributed by atoms with E-state index in [4.69, 9.17) is 0 Å². The quantitative estimate of drug-likeness (QED) is 0.168. The zero-order chi connectivity index (χ0) is 28.1. The normalized spacial score (nSPS) is 16.9. The summed E-state index contributed by atoms with van der Waals surface area (Å²) in [6.45, 7) is 3.08. The van der Waals surface area contributed by atoms with Crippen molar-refractivity contribution in [2.45, 2.75) is 67.3 Å². The van der Waals surface area contributed by atoms with Crippen LogP contribution in [-0.2, 0) is 9.53 Å². The largest absolute Gasteiger partial charge is 0.421 e. The molecule has 0 amide bonds. The van der Waals surface area contributed by atoms with Crippen LogP contribution in [0, 0.1) is 0 Å². The standard InChI is InChI=1S/C14H8F18O2/c1-3(2)6(33)34-7(18)9(21,22)11(25,26)13(29,30)14(31,32)12(27,28)10(23,24)8(19,20)4(15)5(16)17/h4-5,7H,1H2,2H3. The first kappa shape index (κ1) is 31.9. The van der Waals surface area contributed by atoms with Crippen LogP contribution in [0.2, 0.25) is 0 Å². The molecule has 0 rings (SSSR count). The molecule has 2 unspecified atom stereocenters. The van der Waals surface area contributed by atoms with Crippen molar-refractivity contribution in [3.8, 4) is 0 Å². The van der Waals surface area contributed by atoms with Crippen LogP contribution in [0.4, 0.5) is 79.0 Å². The van der Waals surface area contributed by atoms with Gasteiger partial charge >= 0.3 is 53.8 Å². The lowest BCUT2D eigenvalue weighted by Crippen LogP contribution is -2.74. The molecule has 2 atom stereocenters. The monoisotopic (exact) mass is 550 g/mol. The molecule has 202 valence electrons. The maximum Gasteiger partial charge on any atom is 0.385 e. The van der Waals surface area contributed by atoms with E-state index in [9.17, 15) is 83.8 Å². The Kier molecular flexibility index (Phi) is 8.33. The van der Waals surface area contributed by atoms with Crippen LogP contribution in [-0.4, -0.2) is 66.4 Å². The minimum absolute atomic E-state index is 0.508. The lowest BCUT2D eigenvalue weighted by atomic mass is 9.88. The number of hydrogen-bond acceptors (Lipinski definition) is 2. The van der Waals surface area contributed by atoms with Gasteiger partial charge in [0.05, 0.1) is 0 Å². The van der Waals surface area contributed by atoms with Crippen LogP contribution in [0.15, 0.2) is 12.2 Å². The zero-order valence-corrected chi connectivity index (χ0v) is 15.6. The number of rotatable bonds is 11. The summed E-state index contributed by atoms with van der Waals surface area (Å²) in [7, 11) is 0. The summed E-state index contributed by atoms with van der Waals surface area (Å²) in [5.74, 6) is -60.2. The predicted octanol–water partition coefficient (Wildman–Crippen LogP) is 6.45. The first-order valence-electron chi connectivity index (χ1n) is 7.68. The van der Waals surface area contributed by atoms with E-state index in [2.05, 4.69) is 11.3 Å². The Hall–Kier alpha value is -2.05. The Balaban J connectivity index is 6.68. The van der Waals surface area contributed by atoms with Gasteiger partial charge in [0.25, 0.3) is 6.43 Å². The third-order valence-corrected chi connectivity index (χ3v) is 3.83. The summed E-state index contributed by atoms with van der Waals surface area (Å²) < 4.78 is 240. The predicted molar refractivity (Wildman–Crippen MR) is 71.3 cm³/mol. The molecule has 34 heavy (non-hydrogen) atoms. The number of alkyl halides is 18. The van der Waals surface area contributed by atoms with Gasteiger partial charge in [0.1, 0.15) is 0 Å². The van der Waals surface area contributed by atoms with Crippen molar-refractivity contribution in [1.82, 2.24) is 0 Å². The maximum absolute atomic E-state index is 13.5. The molecule has 0 aromatic heterocycles. The highest BCUT2D eigenvalue weighted by molar-refractivity contribution is 5.87. The van der Waals surface area contributed by atoms with Gasteiger partial charge in [0, 0.05) is 5.57 Å². The highest BCUT2D eigenvalue weighted by Crippen LogP contribution is 2.63. The van der Waals surface area contributed by atoms with E-state index >= 15 is 0 Å². The van der Waals surface area contributed by atoms with E-state index in [0.717, 1.165) is 0 Å². The molecule has 2 nitrogen and oxygen atoms in total. The number of carbonyl (C=O) groups is 1. The van der Waals surface area contributed by atoms with Crippen LogP contribution in [0.25, 0.3) is 0 Å². The molecule has 0 fully saturated rings. The van der Waals surface area contributed by atoms with Gasteiger partial charge in [-0.1, -0.05) is 6.58 Å². The van der Waals surface area contributed by atoms with Crippen LogP contribution in [0.3, 0.4) is 0 Å². The van der Waals surface area contributed by atoms with Gasteiger partial charge in [0.15, 0.2) is 0 Å². The van der Waals surface area contributed by atoms with Crippen molar-refractivity contribution < 1.29 is 88.6 Å². The second-order valence-electron chi connectivity index (χ2n) is 6.36. The Morgan fingerprint density at radius 1 is 0.618 bits per heavy atom. The highest BCUT2D eigenvalue weighted by Gasteiger charge is 2.94. The number of halogens is 18. The van der Waals surface area contributed by atoms with E-state index < -0.39 is 72.0 Å². The topological polar surface area (TPSA) is 26.3 Å². The van der Waals surface area contributed by atoms with Crippen LogP contribution in [0.1, 0.15) is 6.92 Å². The van der Waals surface area contributed by atoms with Crippen molar-refractivity contribution >= 4 is 5.97 Å². The van der Waals surface area contributed by atoms with Crippen molar-refractivity contribution in [1.29, 1.82) is 0 Å². The summed E-state index contributed by atoms with van der Waals surface area (Å²) in [4.78, 5) is 10.8. The second-order valence-corrected chi connectivity index (χ2v) is 6.36. The number of hydrogen-bond donors (Lipinski definition) is 0. The van der Waals surface area contributed by atoms with Crippen LogP contribution < -0.4 is 0 Å². The molecular weight excluding hydrogens is 542 g/mol. The van der Waals surface area contributed by atoms with Crippen molar-refractivity contribution in [3.63, 3.8) is 0 Å². The van der Waals surface area contributed by atoms with Gasteiger partial charge in [-0.15, -0.1) is 0 Å². The summed E-state index contributed by atoms with van der Waals surface area (Å²) in [5, 5.41) is 0. The molecule has 0 aliphatic heterocycles. The van der Waals surface area contributed by atoms with Crippen molar-refractivity contribution in [3.05, 3.63) is 12.2 Å². The first-order valence-corrected chi connectivity index (χ1v) is 7.68. The molecule has 0 aromatic carbocycles. The zero-order valence-electron chi connectivity index (χ0n) is 15.6. The summed E-state index contributed by atoms with van der Waals surface area (Å²) in [6, 6.07) is 0. The lowest BCUT2D eigenvalue weighted by molar-refractivity contribution is -0.452. The molecule has 0 saturated carbocycles. The Morgan fingerprint density at radius 2 is 0.912 bits per heavy atom. The summed E-state index contributed by atoms with van der Waals surface area (Å²) >= 11 is 0. The number of carbonyl (C=O) groups excluding carboxylic acids is 1. The van der Waals surface area contributed by atoms with Crippen LogP contribution in [0.5, 0.6) is 0 Å². The fourth-order valence-electron chi connectivity index (χ4n) is 1.75. The molecule has 0 saturated heterocycles. The molecule has 0 aliphatic rings. The van der Waals surface area contributed by atoms with Crippen LogP contribution >= 0.6 is 0 Å². The second kappa shape index (κ2) is 8.87. The minimum Gasteiger partial charge on any atom is -0.421 e. The lowest BCUT2D eigenvalue weighted by Gasteiger charge is -2.43. The first-order chi connectivity index (χ1) is 14.6. The molecule has 0 heterocycles. The van der Waals surface area contributed by atoms with Gasteiger partial charge in [-0.2, -0.15) is 65.9 Å². The summed E-state index contributed by atoms with van der Waals surface area (Å²) in [6.07, 6.45) is -16.5. The number of esters is 1. The third-order valence-electron chi connectivity index (χ3n) is 3.83. The fraction of sp³-hybridized carbons (Fsp3) is 0.786. The van der Waals surface area contributed by atoms with E-state index in [-0.39, 0.29) is 0 Å². The SMILES string of the molecule is C=C(C)C(=O)OC(F)C(F)(F)C(F)(F)C(F)(F)C(F)(F)C(F)(F)C(F)(F)C(F)(F)C(F)C(F)F. The molecule has 0 bridgehead atoms. The Labute approximate surface area is 175 Å². The van der Waals surface area contributed by atoms with Gasteiger partial charge in [-0.25, -0.2) is 18.0 Å². The van der Waals surface area contributed by atoms with Gasteiger partial charge in [0.2, 0.25) is 6.17 Å². The van der Waals surface area contributed by atoms with Gasteiger partial charge in [-0.3, -0.25) is 0 Å². The summed E-state index contributed by atoms with van der Waals surface area (Å²) in [5.41, 5.74) is -1.10. The number of ether oxygens (including phenoxy) is 1. The molecule has 0 radical (unpaired) electrons. The minimum atomic E-state index is -8.75. The molecule has 0 aliphatic carbocycles. The molecule has 0 spiro atoms. The Bertz CT molecular complexity index is 773. The molecular formula is C14H8F18O2. The fourth-order valence-corrected chi connectivity index (χ4v) is 1.75. The van der Waals surface area contributed by atoms with Crippen molar-refractivity contribution in [2.75, 3.05) is 0 Å². The average Bonchev–Trinajstić information content (AvgIpc) is 2.65. The van der Waals surface area contributed by atoms with Crippen molar-refractivity contribution in [2.24, 2.45) is 0 Å². The van der Waals surface area contributed by atoms with Gasteiger partial charge in [-0.05, 0) is 6.92 Å². The average molecular weight is 550 g/mol. The van der Waals surface area contributed by atoms with E-state index in [1.165, 1.54) is 0 Å². The molecule has 0 N–H and O–H groups in total. The highest BCUT2D eigenvalue weighted by atomic mass is 19.4. The molecule has 20 heteroatoms. The van der Waals surface area contributed by atoms with Gasteiger partial charge < -0.3 is 4.74 Å². The smallest absolute Gasteiger partial charge is 0.385 e. The van der Waals surface area contributed by atoms with E-state index in [1.54, 1.807) is 0 Å². The third kappa shape index (κ3) is 4.35. The maximum atomic E-state index is 13.5.